The molecule has 9 aliphatic rings. The van der Waals surface area contributed by atoms with Crippen LogP contribution in [0.15, 0.2) is 11.6 Å². The van der Waals surface area contributed by atoms with Crippen LogP contribution in [0.5, 0.6) is 0 Å². The lowest BCUT2D eigenvalue weighted by Gasteiger charge is -2.70. The van der Waals surface area contributed by atoms with Crippen molar-refractivity contribution in [1.82, 2.24) is 0 Å². The van der Waals surface area contributed by atoms with Gasteiger partial charge in [0.25, 0.3) is 0 Å². The van der Waals surface area contributed by atoms with Crippen LogP contribution in [0.4, 0.5) is 0 Å². The van der Waals surface area contributed by atoms with E-state index < -0.39 is 110 Å². The molecular formula is C46H74O17. The normalized spacial score (nSPS) is 57.2. The van der Waals surface area contributed by atoms with E-state index in [4.69, 9.17) is 37.9 Å². The summed E-state index contributed by atoms with van der Waals surface area (Å²) in [7, 11) is 0. The predicted octanol–water partition coefficient (Wildman–Crippen LogP) is 0.463. The zero-order valence-electron chi connectivity index (χ0n) is 37.8. The maximum Gasteiger partial charge on any atom is 0.187 e. The SMILES string of the molecule is CC(C)=C[C@@H]1CO[C@]23C[C@]4(CO2)C(CC[C@@H]2[C@@]5(C)CC[C@H](O[C@@H]6OC[C@H](O)[C@H](O[C@@H]7O[C@H](CO)[C@@H](O)[C@H](O)[C@H]7O)[C@H]6O[C@@H]6O[C@@H](CO)[C@H](O)[C@H]6O)C(C)(C)[C@@H]5CC[C@]24C)C3C1(C)O. The molecule has 0 aromatic rings. The van der Waals surface area contributed by atoms with Crippen molar-refractivity contribution in [2.45, 2.75) is 191 Å². The second-order valence-electron chi connectivity index (χ2n) is 22.4. The van der Waals surface area contributed by atoms with Gasteiger partial charge in [-0.2, -0.15) is 0 Å². The molecule has 5 saturated heterocycles. The summed E-state index contributed by atoms with van der Waals surface area (Å²) in [5.74, 6) is -0.140. The third-order valence-electron chi connectivity index (χ3n) is 18.7. The predicted molar refractivity (Wildman–Crippen MR) is 219 cm³/mol. The fourth-order valence-electron chi connectivity index (χ4n) is 15.5. The van der Waals surface area contributed by atoms with Gasteiger partial charge in [0.1, 0.15) is 61.0 Å². The molecule has 9 rings (SSSR count). The Labute approximate surface area is 369 Å². The van der Waals surface area contributed by atoms with Crippen molar-refractivity contribution in [3.63, 3.8) is 0 Å². The van der Waals surface area contributed by atoms with Gasteiger partial charge in [-0.1, -0.05) is 39.3 Å². The van der Waals surface area contributed by atoms with Gasteiger partial charge in [0.15, 0.2) is 24.7 Å². The maximum atomic E-state index is 12.4. The Bertz CT molecular complexity index is 1710. The van der Waals surface area contributed by atoms with Crippen LogP contribution < -0.4 is 0 Å². The third kappa shape index (κ3) is 6.95. The van der Waals surface area contributed by atoms with Crippen molar-refractivity contribution in [1.29, 1.82) is 0 Å². The zero-order valence-corrected chi connectivity index (χ0v) is 37.8. The lowest BCUT2D eigenvalue weighted by Crippen LogP contribution is -2.68. The fourth-order valence-corrected chi connectivity index (χ4v) is 15.5. The van der Waals surface area contributed by atoms with Gasteiger partial charge in [0.05, 0.1) is 44.7 Å². The van der Waals surface area contributed by atoms with Crippen molar-refractivity contribution < 1.29 is 83.9 Å². The van der Waals surface area contributed by atoms with Crippen molar-refractivity contribution in [3.8, 4) is 0 Å². The molecule has 5 aliphatic heterocycles. The summed E-state index contributed by atoms with van der Waals surface area (Å²) in [6.07, 6.45) is -11.3. The van der Waals surface area contributed by atoms with E-state index in [1.54, 1.807) is 0 Å². The largest absolute Gasteiger partial charge is 0.394 e. The Morgan fingerprint density at radius 1 is 0.683 bits per heavy atom. The Morgan fingerprint density at radius 3 is 1.97 bits per heavy atom. The molecule has 4 aliphatic carbocycles. The first kappa shape index (κ1) is 47.1. The number of fused-ring (bicyclic) bond motifs is 4. The highest BCUT2D eigenvalue weighted by Crippen LogP contribution is 2.80. The molecule has 9 fully saturated rings. The van der Waals surface area contributed by atoms with Crippen molar-refractivity contribution >= 4 is 0 Å². The number of allylic oxidation sites excluding steroid dienone is 1. The second-order valence-corrected chi connectivity index (χ2v) is 22.4. The molecule has 0 amide bonds. The summed E-state index contributed by atoms with van der Waals surface area (Å²) >= 11 is 0. The lowest BCUT2D eigenvalue weighted by atomic mass is 9.35. The summed E-state index contributed by atoms with van der Waals surface area (Å²) in [6.45, 7) is 15.1. The average molecular weight is 899 g/mol. The molecule has 9 N–H and O–H groups in total. The number of aliphatic hydroxyl groups is 9. The summed E-state index contributed by atoms with van der Waals surface area (Å²) in [5.41, 5.74) is -0.487. The first-order valence-corrected chi connectivity index (χ1v) is 23.4. The monoisotopic (exact) mass is 898 g/mol. The highest BCUT2D eigenvalue weighted by molar-refractivity contribution is 5.27. The molecule has 17 heteroatoms. The Morgan fingerprint density at radius 2 is 1.32 bits per heavy atom. The van der Waals surface area contributed by atoms with Gasteiger partial charge < -0.3 is 83.9 Å². The molecule has 2 bridgehead atoms. The van der Waals surface area contributed by atoms with E-state index in [0.29, 0.717) is 25.6 Å². The van der Waals surface area contributed by atoms with Gasteiger partial charge in [0, 0.05) is 23.7 Å². The number of ether oxygens (including phenoxy) is 8. The van der Waals surface area contributed by atoms with Crippen LogP contribution >= 0.6 is 0 Å². The van der Waals surface area contributed by atoms with Crippen LogP contribution in [0.3, 0.4) is 0 Å². The molecular weight excluding hydrogens is 824 g/mol. The molecule has 0 aromatic heterocycles. The highest BCUT2D eigenvalue weighted by Gasteiger charge is 2.81. The third-order valence-corrected chi connectivity index (χ3v) is 18.7. The number of aliphatic hydroxyl groups excluding tert-OH is 8. The quantitative estimate of drug-likeness (QED) is 0.113. The van der Waals surface area contributed by atoms with E-state index in [1.807, 2.05) is 6.92 Å². The average Bonchev–Trinajstić information content (AvgIpc) is 3.85. The molecule has 5 heterocycles. The highest BCUT2D eigenvalue weighted by atomic mass is 16.8. The molecule has 17 nitrogen and oxygen atoms in total. The molecule has 0 radical (unpaired) electrons. The van der Waals surface area contributed by atoms with Gasteiger partial charge in [-0.15, -0.1) is 0 Å². The molecule has 360 valence electrons. The van der Waals surface area contributed by atoms with Gasteiger partial charge in [0.2, 0.25) is 0 Å². The summed E-state index contributed by atoms with van der Waals surface area (Å²) in [4.78, 5) is 0. The van der Waals surface area contributed by atoms with Crippen LogP contribution in [-0.2, 0) is 37.9 Å². The minimum atomic E-state index is -1.79. The zero-order chi connectivity index (χ0) is 45.4. The molecule has 3 unspecified atom stereocenters. The first-order chi connectivity index (χ1) is 29.6. The maximum absolute atomic E-state index is 12.4. The van der Waals surface area contributed by atoms with E-state index in [9.17, 15) is 46.0 Å². The number of hydrogen-bond acceptors (Lipinski definition) is 17. The van der Waals surface area contributed by atoms with E-state index in [1.165, 1.54) is 0 Å². The van der Waals surface area contributed by atoms with Crippen LogP contribution in [0.25, 0.3) is 0 Å². The number of rotatable bonds is 9. The topological polar surface area (TPSA) is 256 Å². The van der Waals surface area contributed by atoms with E-state index >= 15 is 0 Å². The minimum absolute atomic E-state index is 0.0626. The molecule has 4 saturated carbocycles. The lowest BCUT2D eigenvalue weighted by molar-refractivity contribution is -0.375. The first-order valence-electron chi connectivity index (χ1n) is 23.4. The van der Waals surface area contributed by atoms with Crippen LogP contribution in [0, 0.1) is 51.2 Å². The summed E-state index contributed by atoms with van der Waals surface area (Å²) in [6, 6.07) is 0. The Kier molecular flexibility index (Phi) is 12.2. The summed E-state index contributed by atoms with van der Waals surface area (Å²) < 4.78 is 50.5. The van der Waals surface area contributed by atoms with Crippen LogP contribution in [0.2, 0.25) is 0 Å². The Balaban J connectivity index is 0.970. The summed E-state index contributed by atoms with van der Waals surface area (Å²) in [5, 5.41) is 96.9. The van der Waals surface area contributed by atoms with Gasteiger partial charge >= 0.3 is 0 Å². The van der Waals surface area contributed by atoms with E-state index in [0.717, 1.165) is 44.1 Å². The molecule has 63 heavy (non-hydrogen) atoms. The smallest absolute Gasteiger partial charge is 0.187 e. The van der Waals surface area contributed by atoms with Crippen molar-refractivity contribution in [2.75, 3.05) is 33.0 Å². The van der Waals surface area contributed by atoms with Crippen LogP contribution in [0.1, 0.15) is 93.4 Å². The van der Waals surface area contributed by atoms with Crippen molar-refractivity contribution in [3.05, 3.63) is 11.6 Å². The molecule has 2 spiro atoms. The number of hydrogen-bond donors (Lipinski definition) is 9. The standard InChI is InChI=1S/C46H74O17/c1-21(2)14-22-17-57-46-19-45(20-58-46)23(37(46)44(22,7)55)8-9-28-42(5)12-11-29(41(3,4)27(42)10-13-43(28,45)6)61-40-36(63-38-33(53)31(51)26(16-48)60-38)35(24(49)18-56-40)62-39-34(54)32(52)30(50)25(15-47)59-39/h14,22-40,47-55H,8-13,15-20H2,1-7H3/t22-,23?,24+,25-,26+,27+,28-,29+,30-,31+,32+,33-,34-,35+,36-,37?,38+,39+,40+,42+,43-,44?,45+,46-/m1/s1. The van der Waals surface area contributed by atoms with Crippen LogP contribution in [-0.4, -0.2) is 176 Å². The van der Waals surface area contributed by atoms with E-state index in [-0.39, 0.29) is 52.6 Å². The van der Waals surface area contributed by atoms with Crippen molar-refractivity contribution in [2.24, 2.45) is 51.2 Å². The van der Waals surface area contributed by atoms with Gasteiger partial charge in [-0.05, 0) is 93.3 Å². The Hall–Kier alpha value is -0.940. The molecule has 0 aromatic carbocycles. The minimum Gasteiger partial charge on any atom is -0.394 e. The van der Waals surface area contributed by atoms with Gasteiger partial charge in [-0.25, -0.2) is 0 Å². The van der Waals surface area contributed by atoms with E-state index in [2.05, 4.69) is 47.6 Å². The fraction of sp³-hybridized carbons (Fsp3) is 0.957. The van der Waals surface area contributed by atoms with Gasteiger partial charge in [-0.3, -0.25) is 0 Å². The second kappa shape index (κ2) is 16.4. The molecule has 24 atom stereocenters.